The lowest BCUT2D eigenvalue weighted by Crippen LogP contribution is -2.18. The lowest BCUT2D eigenvalue weighted by atomic mass is 9.85. The molecule has 1 atom stereocenters. The second-order valence-electron chi connectivity index (χ2n) is 7.11. The summed E-state index contributed by atoms with van der Waals surface area (Å²) in [6, 6.07) is 4.39. The number of nitrogens with one attached hydrogen (secondary N) is 1. The Morgan fingerprint density at radius 1 is 1.34 bits per heavy atom. The van der Waals surface area contributed by atoms with E-state index < -0.39 is 16.8 Å². The van der Waals surface area contributed by atoms with Crippen LogP contribution in [0.3, 0.4) is 0 Å². The van der Waals surface area contributed by atoms with Gasteiger partial charge in [-0.3, -0.25) is 14.9 Å². The lowest BCUT2D eigenvalue weighted by molar-refractivity contribution is -0.385. The number of carbonyl (C=O) groups is 2. The van der Waals surface area contributed by atoms with Gasteiger partial charge in [-0.1, -0.05) is 19.4 Å². The third-order valence-electron chi connectivity index (χ3n) is 5.40. The zero-order chi connectivity index (χ0) is 21.1. The predicted octanol–water partition coefficient (Wildman–Crippen LogP) is 4.91. The zero-order valence-electron chi connectivity index (χ0n) is 16.7. The van der Waals surface area contributed by atoms with Crippen molar-refractivity contribution in [1.29, 1.82) is 0 Å². The summed E-state index contributed by atoms with van der Waals surface area (Å²) >= 11 is 1.41. The smallest absolute Gasteiger partial charge is 0.341 e. The molecule has 1 amide bonds. The minimum absolute atomic E-state index is 0.112. The van der Waals surface area contributed by atoms with Crippen LogP contribution in [0, 0.1) is 23.0 Å². The van der Waals surface area contributed by atoms with Crippen LogP contribution in [-0.2, 0) is 17.6 Å². The van der Waals surface area contributed by atoms with Gasteiger partial charge in [-0.05, 0) is 50.7 Å². The quantitative estimate of drug-likeness (QED) is 0.410. The average molecular weight is 416 g/mol. The Kier molecular flexibility index (Phi) is 6.32. The SMILES string of the molecule is CCOC(=O)c1c(NC(=O)c2cccc([N+](=O)[O-])c2C)sc2c1CCC(CC)C2. The van der Waals surface area contributed by atoms with Gasteiger partial charge < -0.3 is 10.1 Å². The van der Waals surface area contributed by atoms with E-state index in [0.717, 1.165) is 36.1 Å². The Hall–Kier alpha value is -2.74. The molecule has 1 unspecified atom stereocenters. The standard InChI is InChI=1S/C21H24N2O5S/c1-4-13-9-10-15-17(11-13)29-20(18(15)21(25)28-5-2)22-19(24)14-7-6-8-16(12(14)3)23(26)27/h6-8,13H,4-5,9-11H2,1-3H3,(H,22,24). The Bertz CT molecular complexity index is 966. The van der Waals surface area contributed by atoms with Crippen molar-refractivity contribution >= 4 is 33.9 Å². The molecule has 1 aliphatic carbocycles. The molecule has 29 heavy (non-hydrogen) atoms. The first-order valence-corrected chi connectivity index (χ1v) is 10.6. The molecule has 1 aliphatic rings. The monoisotopic (exact) mass is 416 g/mol. The van der Waals surface area contributed by atoms with Gasteiger partial charge in [-0.25, -0.2) is 4.79 Å². The van der Waals surface area contributed by atoms with Crippen LogP contribution < -0.4 is 5.32 Å². The summed E-state index contributed by atoms with van der Waals surface area (Å²) in [5.41, 5.74) is 1.79. The Morgan fingerprint density at radius 3 is 2.76 bits per heavy atom. The predicted molar refractivity (Wildman–Crippen MR) is 112 cm³/mol. The number of benzene rings is 1. The molecule has 2 aromatic rings. The van der Waals surface area contributed by atoms with Gasteiger partial charge in [-0.15, -0.1) is 11.3 Å². The van der Waals surface area contributed by atoms with E-state index in [1.807, 2.05) is 0 Å². The van der Waals surface area contributed by atoms with Crippen molar-refractivity contribution in [3.8, 4) is 0 Å². The number of hydrogen-bond donors (Lipinski definition) is 1. The highest BCUT2D eigenvalue weighted by Crippen LogP contribution is 2.41. The molecule has 1 aromatic heterocycles. The summed E-state index contributed by atoms with van der Waals surface area (Å²) < 4.78 is 5.23. The first kappa shape index (κ1) is 21.0. The fourth-order valence-corrected chi connectivity index (χ4v) is 5.09. The molecule has 0 saturated carbocycles. The first-order chi connectivity index (χ1) is 13.9. The highest BCUT2D eigenvalue weighted by atomic mass is 32.1. The largest absolute Gasteiger partial charge is 0.462 e. The van der Waals surface area contributed by atoms with E-state index in [0.29, 0.717) is 22.0 Å². The fraction of sp³-hybridized carbons (Fsp3) is 0.429. The summed E-state index contributed by atoms with van der Waals surface area (Å²) in [5, 5.41) is 14.5. The highest BCUT2D eigenvalue weighted by Gasteiger charge is 2.30. The maximum atomic E-state index is 12.9. The zero-order valence-corrected chi connectivity index (χ0v) is 17.6. The molecule has 0 aliphatic heterocycles. The summed E-state index contributed by atoms with van der Waals surface area (Å²) in [4.78, 5) is 37.3. The van der Waals surface area contributed by atoms with Gasteiger partial charge in [0.05, 0.1) is 17.1 Å². The minimum Gasteiger partial charge on any atom is -0.462 e. The van der Waals surface area contributed by atoms with Gasteiger partial charge in [-0.2, -0.15) is 0 Å². The van der Waals surface area contributed by atoms with Gasteiger partial charge in [0.2, 0.25) is 0 Å². The van der Waals surface area contributed by atoms with E-state index in [1.54, 1.807) is 19.9 Å². The van der Waals surface area contributed by atoms with Crippen LogP contribution >= 0.6 is 11.3 Å². The van der Waals surface area contributed by atoms with Crippen LogP contribution in [0.2, 0.25) is 0 Å². The third-order valence-corrected chi connectivity index (χ3v) is 6.57. The van der Waals surface area contributed by atoms with Crippen molar-refractivity contribution in [3.05, 3.63) is 55.4 Å². The number of esters is 1. The first-order valence-electron chi connectivity index (χ1n) is 9.74. The van der Waals surface area contributed by atoms with Crippen LogP contribution in [0.25, 0.3) is 0 Å². The molecule has 154 valence electrons. The summed E-state index contributed by atoms with van der Waals surface area (Å²) in [6.45, 7) is 5.70. The number of rotatable bonds is 6. The number of carbonyl (C=O) groups excluding carboxylic acids is 2. The molecular formula is C21H24N2O5S. The Morgan fingerprint density at radius 2 is 2.10 bits per heavy atom. The van der Waals surface area contributed by atoms with Gasteiger partial charge in [0.1, 0.15) is 5.00 Å². The lowest BCUT2D eigenvalue weighted by Gasteiger charge is -2.20. The number of thiophene rings is 1. The molecule has 0 bridgehead atoms. The van der Waals surface area contributed by atoms with Crippen molar-refractivity contribution in [2.24, 2.45) is 5.92 Å². The van der Waals surface area contributed by atoms with E-state index >= 15 is 0 Å². The highest BCUT2D eigenvalue weighted by molar-refractivity contribution is 7.17. The summed E-state index contributed by atoms with van der Waals surface area (Å²) in [7, 11) is 0. The van der Waals surface area contributed by atoms with Crippen LogP contribution in [0.1, 0.15) is 63.4 Å². The topological polar surface area (TPSA) is 98.5 Å². The van der Waals surface area contributed by atoms with Gasteiger partial charge in [0, 0.05) is 22.1 Å². The maximum Gasteiger partial charge on any atom is 0.341 e. The molecule has 0 radical (unpaired) electrons. The molecule has 1 aromatic carbocycles. The second kappa shape index (κ2) is 8.73. The van der Waals surface area contributed by atoms with Crippen LogP contribution in [0.5, 0.6) is 0 Å². The van der Waals surface area contributed by atoms with Crippen molar-refractivity contribution < 1.29 is 19.2 Å². The van der Waals surface area contributed by atoms with E-state index in [-0.39, 0.29) is 17.9 Å². The molecule has 0 saturated heterocycles. The van der Waals surface area contributed by atoms with Crippen LogP contribution in [0.4, 0.5) is 10.7 Å². The molecule has 3 rings (SSSR count). The Labute approximate surface area is 173 Å². The van der Waals surface area contributed by atoms with Crippen molar-refractivity contribution in [1.82, 2.24) is 0 Å². The van der Waals surface area contributed by atoms with Crippen molar-refractivity contribution in [3.63, 3.8) is 0 Å². The average Bonchev–Trinajstić information content (AvgIpc) is 3.04. The molecule has 1 heterocycles. The number of amides is 1. The summed E-state index contributed by atoms with van der Waals surface area (Å²) in [6.07, 6.45) is 3.74. The number of anilines is 1. The maximum absolute atomic E-state index is 12.9. The van der Waals surface area contributed by atoms with E-state index in [1.165, 1.54) is 23.5 Å². The molecule has 8 heteroatoms. The van der Waals surface area contributed by atoms with Gasteiger partial charge in [0.25, 0.3) is 11.6 Å². The number of fused-ring (bicyclic) bond motifs is 1. The van der Waals surface area contributed by atoms with Crippen LogP contribution in [-0.4, -0.2) is 23.4 Å². The second-order valence-corrected chi connectivity index (χ2v) is 8.21. The van der Waals surface area contributed by atoms with Crippen molar-refractivity contribution in [2.75, 3.05) is 11.9 Å². The van der Waals surface area contributed by atoms with Crippen molar-refractivity contribution in [2.45, 2.75) is 46.5 Å². The number of nitro benzene ring substituents is 1. The molecule has 0 spiro atoms. The molecule has 0 fully saturated rings. The summed E-state index contributed by atoms with van der Waals surface area (Å²) in [5.74, 6) is -0.341. The van der Waals surface area contributed by atoms with Gasteiger partial charge >= 0.3 is 5.97 Å². The fourth-order valence-electron chi connectivity index (χ4n) is 3.75. The van der Waals surface area contributed by atoms with Gasteiger partial charge in [0.15, 0.2) is 0 Å². The number of nitro groups is 1. The van der Waals surface area contributed by atoms with E-state index in [2.05, 4.69) is 12.2 Å². The van der Waals surface area contributed by atoms with E-state index in [4.69, 9.17) is 4.74 Å². The number of nitrogens with zero attached hydrogens (tertiary/aromatic N) is 1. The number of ether oxygens (including phenoxy) is 1. The van der Waals surface area contributed by atoms with E-state index in [9.17, 15) is 19.7 Å². The third kappa shape index (κ3) is 4.17. The molecular weight excluding hydrogens is 392 g/mol. The minimum atomic E-state index is -0.509. The normalized spacial score (nSPS) is 15.5. The van der Waals surface area contributed by atoms with Crippen LogP contribution in [0.15, 0.2) is 18.2 Å². The number of hydrogen-bond acceptors (Lipinski definition) is 6. The Balaban J connectivity index is 1.97. The molecule has 1 N–H and O–H groups in total. The molecule has 7 nitrogen and oxygen atoms in total.